The van der Waals surface area contributed by atoms with Crippen molar-refractivity contribution in [1.29, 1.82) is 0 Å². The summed E-state index contributed by atoms with van der Waals surface area (Å²) in [4.78, 5) is 28.0. The lowest BCUT2D eigenvalue weighted by Gasteiger charge is -2.33. The number of carbonyl (C=O) groups excluding carboxylic acids is 2. The Balaban J connectivity index is 2.03. The zero-order valence-electron chi connectivity index (χ0n) is 20.2. The number of aryl methyl sites for hydroxylation is 1. The molecule has 0 aliphatic carbocycles. The van der Waals surface area contributed by atoms with Crippen LogP contribution in [0.1, 0.15) is 24.5 Å². The third-order valence-corrected chi connectivity index (χ3v) is 7.68. The molecule has 0 saturated heterocycles. The molecule has 0 unspecified atom stereocenters. The second kappa shape index (κ2) is 11.7. The number of carbonyl (C=O) groups is 2. The molecular formula is C27H31N3O4S. The molecule has 8 heteroatoms. The van der Waals surface area contributed by atoms with E-state index in [1.54, 1.807) is 48.5 Å². The fraction of sp³-hybridized carbons (Fsp3) is 0.259. The van der Waals surface area contributed by atoms with Crippen LogP contribution in [0.25, 0.3) is 0 Å². The van der Waals surface area contributed by atoms with Gasteiger partial charge in [-0.2, -0.15) is 0 Å². The van der Waals surface area contributed by atoms with Gasteiger partial charge in [0.05, 0.1) is 10.6 Å². The lowest BCUT2D eigenvalue weighted by atomic mass is 10.1. The molecule has 3 aromatic carbocycles. The zero-order valence-corrected chi connectivity index (χ0v) is 21.0. The van der Waals surface area contributed by atoms with E-state index in [1.807, 2.05) is 38.1 Å². The Bertz CT molecular complexity index is 1250. The molecule has 0 aliphatic heterocycles. The number of nitrogens with zero attached hydrogens (tertiary/aromatic N) is 2. The maximum absolute atomic E-state index is 13.8. The minimum Gasteiger partial charge on any atom is -0.357 e. The summed E-state index contributed by atoms with van der Waals surface area (Å²) in [6.07, 6.45) is 0.383. The van der Waals surface area contributed by atoms with Crippen LogP contribution >= 0.6 is 0 Å². The van der Waals surface area contributed by atoms with Crippen molar-refractivity contribution in [3.63, 3.8) is 0 Å². The third-order valence-electron chi connectivity index (χ3n) is 5.89. The monoisotopic (exact) mass is 493 g/mol. The number of rotatable bonds is 10. The first kappa shape index (κ1) is 26.0. The highest BCUT2D eigenvalue weighted by atomic mass is 32.2. The van der Waals surface area contributed by atoms with Crippen LogP contribution in [0.3, 0.4) is 0 Å². The summed E-state index contributed by atoms with van der Waals surface area (Å²) >= 11 is 0. The van der Waals surface area contributed by atoms with Gasteiger partial charge in [0.1, 0.15) is 12.6 Å². The molecule has 0 heterocycles. The van der Waals surface area contributed by atoms with Crippen molar-refractivity contribution in [3.8, 4) is 0 Å². The van der Waals surface area contributed by atoms with Crippen LogP contribution < -0.4 is 9.62 Å². The van der Waals surface area contributed by atoms with Gasteiger partial charge in [-0.1, -0.05) is 67.6 Å². The summed E-state index contributed by atoms with van der Waals surface area (Å²) in [6.45, 7) is 3.51. The molecule has 0 radical (unpaired) electrons. The molecule has 184 valence electrons. The quantitative estimate of drug-likeness (QED) is 0.466. The first-order chi connectivity index (χ1) is 16.8. The third kappa shape index (κ3) is 6.08. The fourth-order valence-electron chi connectivity index (χ4n) is 3.90. The van der Waals surface area contributed by atoms with Gasteiger partial charge in [0, 0.05) is 13.6 Å². The van der Waals surface area contributed by atoms with Crippen LogP contribution in [0.4, 0.5) is 5.69 Å². The highest BCUT2D eigenvalue weighted by Gasteiger charge is 2.33. The maximum Gasteiger partial charge on any atom is 0.264 e. The molecule has 0 spiro atoms. The minimum absolute atomic E-state index is 0.0837. The van der Waals surface area contributed by atoms with E-state index in [1.165, 1.54) is 24.1 Å². The lowest BCUT2D eigenvalue weighted by Crippen LogP contribution is -2.51. The summed E-state index contributed by atoms with van der Waals surface area (Å²) in [5, 5.41) is 2.63. The van der Waals surface area contributed by atoms with E-state index >= 15 is 0 Å². The van der Waals surface area contributed by atoms with Crippen LogP contribution in [-0.2, 0) is 26.2 Å². The highest BCUT2D eigenvalue weighted by Crippen LogP contribution is 2.24. The van der Waals surface area contributed by atoms with Crippen molar-refractivity contribution in [2.75, 3.05) is 17.9 Å². The Morgan fingerprint density at radius 2 is 1.46 bits per heavy atom. The van der Waals surface area contributed by atoms with E-state index in [4.69, 9.17) is 0 Å². The molecule has 0 aliphatic rings. The summed E-state index contributed by atoms with van der Waals surface area (Å²) in [7, 11) is -2.51. The predicted molar refractivity (Wildman–Crippen MR) is 137 cm³/mol. The van der Waals surface area contributed by atoms with E-state index in [0.29, 0.717) is 12.1 Å². The number of para-hydroxylation sites is 1. The summed E-state index contributed by atoms with van der Waals surface area (Å²) < 4.78 is 28.3. The van der Waals surface area contributed by atoms with Crippen LogP contribution in [0.15, 0.2) is 89.8 Å². The van der Waals surface area contributed by atoms with Crippen molar-refractivity contribution >= 4 is 27.5 Å². The Morgan fingerprint density at radius 1 is 0.886 bits per heavy atom. The van der Waals surface area contributed by atoms with Gasteiger partial charge < -0.3 is 10.2 Å². The number of hydrogen-bond acceptors (Lipinski definition) is 4. The standard InChI is InChI=1S/C27H31N3O4S/c1-4-25(27(32)28-3)29(19-22-14-12-11-13-21(22)2)26(31)20-30(23-15-7-5-8-16-23)35(33,34)24-17-9-6-10-18-24/h5-18,25H,4,19-20H2,1-3H3,(H,28,32)/t25-/m0/s1. The molecule has 7 nitrogen and oxygen atoms in total. The van der Waals surface area contributed by atoms with E-state index < -0.39 is 28.5 Å². The SMILES string of the molecule is CC[C@@H](C(=O)NC)N(Cc1ccccc1C)C(=O)CN(c1ccccc1)S(=O)(=O)c1ccccc1. The van der Waals surface area contributed by atoms with Crippen molar-refractivity contribution in [3.05, 3.63) is 96.1 Å². The first-order valence-corrected chi connectivity index (χ1v) is 12.9. The normalized spacial score (nSPS) is 12.0. The van der Waals surface area contributed by atoms with E-state index in [2.05, 4.69) is 5.32 Å². The highest BCUT2D eigenvalue weighted by molar-refractivity contribution is 7.92. The molecule has 0 aromatic heterocycles. The largest absolute Gasteiger partial charge is 0.357 e. The van der Waals surface area contributed by atoms with Gasteiger partial charge in [-0.05, 0) is 48.7 Å². The van der Waals surface area contributed by atoms with Crippen molar-refractivity contribution in [2.24, 2.45) is 0 Å². The van der Waals surface area contributed by atoms with Gasteiger partial charge >= 0.3 is 0 Å². The molecule has 1 atom stereocenters. The molecule has 35 heavy (non-hydrogen) atoms. The van der Waals surface area contributed by atoms with Crippen molar-refractivity contribution in [2.45, 2.75) is 37.8 Å². The number of sulfonamides is 1. The number of nitrogens with one attached hydrogen (secondary N) is 1. The van der Waals surface area contributed by atoms with Gasteiger partial charge in [0.15, 0.2) is 0 Å². The Kier molecular flexibility index (Phi) is 8.65. The van der Waals surface area contributed by atoms with Gasteiger partial charge in [0.25, 0.3) is 10.0 Å². The zero-order chi connectivity index (χ0) is 25.4. The molecule has 3 rings (SSSR count). The molecule has 1 N–H and O–H groups in total. The number of hydrogen-bond donors (Lipinski definition) is 1. The van der Waals surface area contributed by atoms with E-state index in [9.17, 15) is 18.0 Å². The first-order valence-electron chi connectivity index (χ1n) is 11.5. The lowest BCUT2D eigenvalue weighted by molar-refractivity contribution is -0.140. The topological polar surface area (TPSA) is 86.8 Å². The number of benzene rings is 3. The van der Waals surface area contributed by atoms with Crippen molar-refractivity contribution < 1.29 is 18.0 Å². The second-order valence-corrected chi connectivity index (χ2v) is 10.0. The molecule has 3 aromatic rings. The molecule has 2 amide bonds. The van der Waals surface area contributed by atoms with Crippen LogP contribution in [0, 0.1) is 6.92 Å². The fourth-order valence-corrected chi connectivity index (χ4v) is 5.34. The second-order valence-electron chi connectivity index (χ2n) is 8.15. The predicted octanol–water partition coefficient (Wildman–Crippen LogP) is 3.74. The summed E-state index contributed by atoms with van der Waals surface area (Å²) in [5.74, 6) is -0.765. The van der Waals surface area contributed by atoms with Crippen LogP contribution in [0.5, 0.6) is 0 Å². The van der Waals surface area contributed by atoms with Gasteiger partial charge in [0.2, 0.25) is 11.8 Å². The number of likely N-dealkylation sites (N-methyl/N-ethyl adjacent to an activating group) is 1. The molecular weight excluding hydrogens is 462 g/mol. The molecule has 0 bridgehead atoms. The average Bonchev–Trinajstić information content (AvgIpc) is 2.88. The minimum atomic E-state index is -4.04. The Hall–Kier alpha value is -3.65. The molecule has 0 saturated carbocycles. The number of anilines is 1. The number of amides is 2. The van der Waals surface area contributed by atoms with Gasteiger partial charge in [-0.25, -0.2) is 8.42 Å². The van der Waals surface area contributed by atoms with E-state index in [0.717, 1.165) is 15.4 Å². The Morgan fingerprint density at radius 3 is 2.03 bits per heavy atom. The van der Waals surface area contributed by atoms with Crippen LogP contribution in [-0.4, -0.2) is 44.8 Å². The van der Waals surface area contributed by atoms with Gasteiger partial charge in [-0.15, -0.1) is 0 Å². The summed E-state index contributed by atoms with van der Waals surface area (Å²) in [5.41, 5.74) is 2.24. The maximum atomic E-state index is 13.8. The summed E-state index contributed by atoms with van der Waals surface area (Å²) in [6, 6.07) is 23.4. The van der Waals surface area contributed by atoms with Crippen LogP contribution in [0.2, 0.25) is 0 Å². The molecule has 0 fully saturated rings. The van der Waals surface area contributed by atoms with E-state index in [-0.39, 0.29) is 17.3 Å². The average molecular weight is 494 g/mol. The van der Waals surface area contributed by atoms with Crippen molar-refractivity contribution in [1.82, 2.24) is 10.2 Å². The Labute approximate surface area is 207 Å². The van der Waals surface area contributed by atoms with Gasteiger partial charge in [-0.3, -0.25) is 13.9 Å². The smallest absolute Gasteiger partial charge is 0.264 e.